The Morgan fingerprint density at radius 3 is 3.11 bits per heavy atom. The minimum Gasteiger partial charge on any atom is -0.319 e. The first-order chi connectivity index (χ1) is 8.82. The molecular weight excluding hydrogens is 242 g/mol. The van der Waals surface area contributed by atoms with Crippen molar-refractivity contribution in [2.75, 3.05) is 13.6 Å². The van der Waals surface area contributed by atoms with E-state index in [1.807, 2.05) is 19.4 Å². The standard InChI is InChI=1S/C14H15N3S/c1-15-9-14(4-5-14)10-2-3-11-12(8-10)18-13-16-6-7-17(11)13/h2-3,6-8,15H,4-5,9H2,1H3. The number of nitrogens with zero attached hydrogens (tertiary/aromatic N) is 2. The highest BCUT2D eigenvalue weighted by atomic mass is 32.1. The SMILES string of the molecule is CNCC1(c2ccc3c(c2)sc2nccn23)CC1. The van der Waals surface area contributed by atoms with Crippen molar-refractivity contribution in [1.82, 2.24) is 14.7 Å². The lowest BCUT2D eigenvalue weighted by Crippen LogP contribution is -2.23. The lowest BCUT2D eigenvalue weighted by atomic mass is 9.96. The van der Waals surface area contributed by atoms with Crippen LogP contribution in [0.25, 0.3) is 15.2 Å². The van der Waals surface area contributed by atoms with Gasteiger partial charge >= 0.3 is 0 Å². The van der Waals surface area contributed by atoms with Crippen molar-refractivity contribution in [3.8, 4) is 0 Å². The fourth-order valence-corrected chi connectivity index (χ4v) is 3.85. The molecule has 0 unspecified atom stereocenters. The Balaban J connectivity index is 1.88. The van der Waals surface area contributed by atoms with Gasteiger partial charge in [-0.2, -0.15) is 0 Å². The second kappa shape index (κ2) is 3.56. The molecule has 1 fully saturated rings. The third-order valence-corrected chi connectivity index (χ3v) is 5.04. The average Bonchev–Trinajstić information content (AvgIpc) is 2.87. The fourth-order valence-electron chi connectivity index (χ4n) is 2.83. The molecule has 2 aromatic heterocycles. The van der Waals surface area contributed by atoms with E-state index in [4.69, 9.17) is 0 Å². The minimum atomic E-state index is 0.398. The topological polar surface area (TPSA) is 29.3 Å². The van der Waals surface area contributed by atoms with Gasteiger partial charge in [-0.25, -0.2) is 4.98 Å². The van der Waals surface area contributed by atoms with Gasteiger partial charge in [0.2, 0.25) is 0 Å². The van der Waals surface area contributed by atoms with Crippen LogP contribution in [-0.2, 0) is 5.41 Å². The summed E-state index contributed by atoms with van der Waals surface area (Å²) in [5.74, 6) is 0. The van der Waals surface area contributed by atoms with Gasteiger partial charge in [-0.15, -0.1) is 0 Å². The second-order valence-corrected chi connectivity index (χ2v) is 6.18. The summed E-state index contributed by atoms with van der Waals surface area (Å²) >= 11 is 1.78. The third kappa shape index (κ3) is 1.36. The Morgan fingerprint density at radius 1 is 1.44 bits per heavy atom. The van der Waals surface area contributed by atoms with Gasteiger partial charge in [0.25, 0.3) is 0 Å². The third-order valence-electron chi connectivity index (χ3n) is 4.01. The smallest absolute Gasteiger partial charge is 0.194 e. The van der Waals surface area contributed by atoms with Gasteiger partial charge in [-0.05, 0) is 37.6 Å². The number of rotatable bonds is 3. The lowest BCUT2D eigenvalue weighted by Gasteiger charge is -2.14. The molecule has 0 bridgehead atoms. The molecule has 3 aromatic rings. The maximum absolute atomic E-state index is 4.37. The number of likely N-dealkylation sites (N-methyl/N-ethyl adjacent to an activating group) is 1. The fraction of sp³-hybridized carbons (Fsp3) is 0.357. The Hall–Kier alpha value is -1.39. The predicted molar refractivity (Wildman–Crippen MR) is 75.4 cm³/mol. The van der Waals surface area contributed by atoms with Crippen LogP contribution in [-0.4, -0.2) is 23.0 Å². The summed E-state index contributed by atoms with van der Waals surface area (Å²) in [6.45, 7) is 1.08. The van der Waals surface area contributed by atoms with Crippen LogP contribution in [0, 0.1) is 0 Å². The summed E-state index contributed by atoms with van der Waals surface area (Å²) in [6, 6.07) is 6.89. The normalized spacial score (nSPS) is 17.6. The molecule has 2 heterocycles. The first-order valence-corrected chi connectivity index (χ1v) is 7.15. The molecule has 0 aliphatic heterocycles. The molecule has 18 heavy (non-hydrogen) atoms. The van der Waals surface area contributed by atoms with Gasteiger partial charge < -0.3 is 5.32 Å². The average molecular weight is 257 g/mol. The monoisotopic (exact) mass is 257 g/mol. The summed E-state index contributed by atoms with van der Waals surface area (Å²) in [5.41, 5.74) is 3.15. The van der Waals surface area contributed by atoms with Crippen LogP contribution in [0.3, 0.4) is 0 Å². The predicted octanol–water partition coefficient (Wildman–Crippen LogP) is 2.80. The van der Waals surface area contributed by atoms with E-state index in [-0.39, 0.29) is 0 Å². The van der Waals surface area contributed by atoms with Crippen molar-refractivity contribution in [2.24, 2.45) is 0 Å². The first kappa shape index (κ1) is 10.5. The Labute approximate surface area is 109 Å². The van der Waals surface area contributed by atoms with Crippen LogP contribution in [0.4, 0.5) is 0 Å². The van der Waals surface area contributed by atoms with Crippen molar-refractivity contribution >= 4 is 26.5 Å². The molecule has 4 rings (SSSR count). The number of thiazole rings is 1. The summed E-state index contributed by atoms with van der Waals surface area (Å²) in [6.07, 6.45) is 6.51. The van der Waals surface area contributed by atoms with Crippen LogP contribution in [0.2, 0.25) is 0 Å². The minimum absolute atomic E-state index is 0.398. The van der Waals surface area contributed by atoms with Gasteiger partial charge in [0.15, 0.2) is 4.96 Å². The van der Waals surface area contributed by atoms with E-state index < -0.39 is 0 Å². The van der Waals surface area contributed by atoms with Crippen LogP contribution in [0.1, 0.15) is 18.4 Å². The summed E-state index contributed by atoms with van der Waals surface area (Å²) < 4.78 is 3.51. The van der Waals surface area contributed by atoms with E-state index >= 15 is 0 Å². The van der Waals surface area contributed by atoms with E-state index in [1.54, 1.807) is 11.3 Å². The van der Waals surface area contributed by atoms with E-state index in [0.717, 1.165) is 11.5 Å². The zero-order valence-electron chi connectivity index (χ0n) is 10.3. The largest absolute Gasteiger partial charge is 0.319 e. The Kier molecular flexibility index (Phi) is 2.08. The van der Waals surface area contributed by atoms with Gasteiger partial charge in [0.1, 0.15) is 0 Å². The number of nitrogens with one attached hydrogen (secondary N) is 1. The van der Waals surface area contributed by atoms with Crippen molar-refractivity contribution < 1.29 is 0 Å². The first-order valence-electron chi connectivity index (χ1n) is 6.33. The van der Waals surface area contributed by atoms with Crippen LogP contribution in [0.5, 0.6) is 0 Å². The van der Waals surface area contributed by atoms with E-state index in [1.165, 1.54) is 28.6 Å². The van der Waals surface area contributed by atoms with Crippen LogP contribution in [0.15, 0.2) is 30.6 Å². The molecule has 92 valence electrons. The number of benzene rings is 1. The molecule has 3 nitrogen and oxygen atoms in total. The number of hydrogen-bond acceptors (Lipinski definition) is 3. The molecule has 0 spiro atoms. The number of imidazole rings is 1. The van der Waals surface area contributed by atoms with Crippen molar-refractivity contribution in [3.63, 3.8) is 0 Å². The number of hydrogen-bond donors (Lipinski definition) is 1. The van der Waals surface area contributed by atoms with Crippen LogP contribution >= 0.6 is 11.3 Å². The highest BCUT2D eigenvalue weighted by Crippen LogP contribution is 2.48. The maximum Gasteiger partial charge on any atom is 0.194 e. The molecule has 1 aromatic carbocycles. The van der Waals surface area contributed by atoms with Gasteiger partial charge in [-0.1, -0.05) is 17.4 Å². The van der Waals surface area contributed by atoms with Gasteiger partial charge in [0, 0.05) is 24.4 Å². The molecule has 1 N–H and O–H groups in total. The zero-order valence-corrected chi connectivity index (χ0v) is 11.1. The molecule has 4 heteroatoms. The van der Waals surface area contributed by atoms with Crippen molar-refractivity contribution in [2.45, 2.75) is 18.3 Å². The summed E-state index contributed by atoms with van der Waals surface area (Å²) in [7, 11) is 2.04. The zero-order chi connectivity index (χ0) is 12.2. The maximum atomic E-state index is 4.37. The quantitative estimate of drug-likeness (QED) is 0.782. The molecule has 1 saturated carbocycles. The second-order valence-electron chi connectivity index (χ2n) is 5.18. The molecule has 0 radical (unpaired) electrons. The van der Waals surface area contributed by atoms with E-state index in [0.29, 0.717) is 5.41 Å². The number of aromatic nitrogens is 2. The van der Waals surface area contributed by atoms with Crippen molar-refractivity contribution in [1.29, 1.82) is 0 Å². The molecular formula is C14H15N3S. The van der Waals surface area contributed by atoms with Crippen LogP contribution < -0.4 is 5.32 Å². The van der Waals surface area contributed by atoms with Gasteiger partial charge in [0.05, 0.1) is 10.2 Å². The molecule has 0 amide bonds. The summed E-state index contributed by atoms with van der Waals surface area (Å²) in [4.78, 5) is 5.45. The highest BCUT2D eigenvalue weighted by molar-refractivity contribution is 7.23. The van der Waals surface area contributed by atoms with E-state index in [2.05, 4.69) is 32.9 Å². The Morgan fingerprint density at radius 2 is 2.33 bits per heavy atom. The molecule has 0 atom stereocenters. The van der Waals surface area contributed by atoms with Gasteiger partial charge in [-0.3, -0.25) is 4.40 Å². The molecule has 1 aliphatic rings. The number of fused-ring (bicyclic) bond motifs is 3. The molecule has 1 aliphatic carbocycles. The summed E-state index contributed by atoms with van der Waals surface area (Å²) in [5, 5.41) is 3.32. The van der Waals surface area contributed by atoms with Crippen molar-refractivity contribution in [3.05, 3.63) is 36.2 Å². The Bertz CT molecular complexity index is 721. The highest BCUT2D eigenvalue weighted by Gasteiger charge is 2.43. The molecule has 0 saturated heterocycles. The lowest BCUT2D eigenvalue weighted by molar-refractivity contribution is 0.625. The van der Waals surface area contributed by atoms with E-state index in [9.17, 15) is 0 Å².